The van der Waals surface area contributed by atoms with Gasteiger partial charge in [0.15, 0.2) is 9.84 Å². The summed E-state index contributed by atoms with van der Waals surface area (Å²) in [5, 5.41) is 4.16. The number of hydrogen-bond donors (Lipinski definition) is 1. The van der Waals surface area contributed by atoms with Crippen molar-refractivity contribution in [3.63, 3.8) is 0 Å². The number of nitrogens with one attached hydrogen (secondary N) is 1. The van der Waals surface area contributed by atoms with E-state index in [1.807, 2.05) is 36.4 Å². The van der Waals surface area contributed by atoms with Crippen molar-refractivity contribution in [2.24, 2.45) is 5.92 Å². The van der Waals surface area contributed by atoms with Crippen molar-refractivity contribution in [3.8, 4) is 0 Å². The average molecular weight is 402 g/mol. The summed E-state index contributed by atoms with van der Waals surface area (Å²) in [5.74, 6) is 1.32. The Hall–Kier alpha value is -2.25. The van der Waals surface area contributed by atoms with E-state index in [9.17, 15) is 8.42 Å². The summed E-state index contributed by atoms with van der Waals surface area (Å²) in [6.45, 7) is 4.27. The Morgan fingerprint density at radius 3 is 2.41 bits per heavy atom. The van der Waals surface area contributed by atoms with Crippen molar-refractivity contribution in [3.05, 3.63) is 71.5 Å². The van der Waals surface area contributed by atoms with Crippen LogP contribution in [-0.2, 0) is 16.3 Å². The van der Waals surface area contributed by atoms with Gasteiger partial charge in [0.1, 0.15) is 5.82 Å². The zero-order chi connectivity index (χ0) is 19.4. The lowest BCUT2D eigenvalue weighted by Gasteiger charge is -2.19. The van der Waals surface area contributed by atoms with Crippen molar-refractivity contribution >= 4 is 26.5 Å². The third-order valence-electron chi connectivity index (χ3n) is 4.08. The molecule has 27 heavy (non-hydrogen) atoms. The molecule has 0 aliphatic heterocycles. The first-order chi connectivity index (χ1) is 12.8. The lowest BCUT2D eigenvalue weighted by molar-refractivity contribution is 0.601. The molecule has 0 aliphatic rings. The maximum Gasteiger partial charge on any atom is 0.203 e. The Morgan fingerprint density at radius 2 is 1.74 bits per heavy atom. The molecule has 5 nitrogen and oxygen atoms in total. The zero-order valence-corrected chi connectivity index (χ0v) is 17.2. The number of rotatable bonds is 7. The standard InChI is InChI=1S/C20H23N3O2S2/c1-14(2)12-18-21-20(26-23-18)22-19(15-8-5-4-6-9-15)16-10-7-11-17(13-16)27(3,24)25/h4-11,13-14,19H,12H2,1-3H3,(H,21,22,23). The highest BCUT2D eigenvalue weighted by molar-refractivity contribution is 7.90. The van der Waals surface area contributed by atoms with Gasteiger partial charge in [-0.1, -0.05) is 56.3 Å². The summed E-state index contributed by atoms with van der Waals surface area (Å²) in [6.07, 6.45) is 2.05. The Balaban J connectivity index is 1.97. The molecular formula is C20H23N3O2S2. The Morgan fingerprint density at radius 1 is 1.04 bits per heavy atom. The smallest absolute Gasteiger partial charge is 0.203 e. The molecule has 1 atom stereocenters. The molecule has 1 aromatic heterocycles. The van der Waals surface area contributed by atoms with Crippen LogP contribution in [0.3, 0.4) is 0 Å². The first kappa shape index (κ1) is 19.5. The summed E-state index contributed by atoms with van der Waals surface area (Å²) < 4.78 is 28.4. The predicted molar refractivity (Wildman–Crippen MR) is 110 cm³/mol. The van der Waals surface area contributed by atoms with Crippen LogP contribution < -0.4 is 5.32 Å². The third kappa shape index (κ3) is 5.14. The van der Waals surface area contributed by atoms with E-state index in [1.165, 1.54) is 17.8 Å². The van der Waals surface area contributed by atoms with Crippen LogP contribution in [0.1, 0.15) is 36.8 Å². The van der Waals surface area contributed by atoms with Crippen molar-refractivity contribution in [2.75, 3.05) is 11.6 Å². The first-order valence-electron chi connectivity index (χ1n) is 8.77. The second kappa shape index (κ2) is 8.19. The fourth-order valence-corrected chi connectivity index (χ4v) is 4.11. The molecule has 142 valence electrons. The van der Waals surface area contributed by atoms with E-state index in [2.05, 4.69) is 28.5 Å². The first-order valence-corrected chi connectivity index (χ1v) is 11.4. The molecular weight excluding hydrogens is 378 g/mol. The Kier molecular flexibility index (Phi) is 5.92. The quantitative estimate of drug-likeness (QED) is 0.637. The average Bonchev–Trinajstić information content (AvgIpc) is 3.06. The summed E-state index contributed by atoms with van der Waals surface area (Å²) >= 11 is 1.33. The van der Waals surface area contributed by atoms with Gasteiger partial charge in [0.05, 0.1) is 10.9 Å². The van der Waals surface area contributed by atoms with Gasteiger partial charge in [-0.25, -0.2) is 13.4 Å². The molecule has 3 aromatic rings. The van der Waals surface area contributed by atoms with Crippen LogP contribution in [0.5, 0.6) is 0 Å². The molecule has 1 unspecified atom stereocenters. The second-order valence-corrected chi connectivity index (χ2v) is 9.71. The highest BCUT2D eigenvalue weighted by Gasteiger charge is 2.18. The van der Waals surface area contributed by atoms with Crippen molar-refractivity contribution in [1.29, 1.82) is 0 Å². The van der Waals surface area contributed by atoms with Crippen molar-refractivity contribution in [2.45, 2.75) is 31.2 Å². The monoisotopic (exact) mass is 401 g/mol. The molecule has 0 fully saturated rings. The molecule has 0 radical (unpaired) electrons. The van der Waals surface area contributed by atoms with Gasteiger partial charge >= 0.3 is 0 Å². The largest absolute Gasteiger partial charge is 0.349 e. The second-order valence-electron chi connectivity index (χ2n) is 6.95. The summed E-state index contributed by atoms with van der Waals surface area (Å²) in [6, 6.07) is 16.7. The van der Waals surface area contributed by atoms with E-state index in [1.54, 1.807) is 18.2 Å². The summed E-state index contributed by atoms with van der Waals surface area (Å²) in [5.41, 5.74) is 1.90. The van der Waals surface area contributed by atoms with Crippen LogP contribution in [-0.4, -0.2) is 24.0 Å². The summed E-state index contributed by atoms with van der Waals surface area (Å²) in [7, 11) is -3.28. The highest BCUT2D eigenvalue weighted by atomic mass is 32.2. The van der Waals surface area contributed by atoms with Gasteiger partial charge in [-0.15, -0.1) is 0 Å². The van der Waals surface area contributed by atoms with E-state index >= 15 is 0 Å². The normalized spacial score (nSPS) is 12.9. The zero-order valence-electron chi connectivity index (χ0n) is 15.6. The lowest BCUT2D eigenvalue weighted by atomic mass is 9.99. The number of aromatic nitrogens is 2. The SMILES string of the molecule is CC(C)Cc1nsc(NC(c2ccccc2)c2cccc(S(C)(=O)=O)c2)n1. The number of anilines is 1. The Bertz CT molecular complexity index is 999. The van der Waals surface area contributed by atoms with E-state index in [-0.39, 0.29) is 6.04 Å². The molecule has 1 heterocycles. The van der Waals surface area contributed by atoms with Crippen LogP contribution >= 0.6 is 11.5 Å². The third-order valence-corrected chi connectivity index (χ3v) is 5.87. The number of nitrogens with zero attached hydrogens (tertiary/aromatic N) is 2. The van der Waals surface area contributed by atoms with Gasteiger partial charge in [0.25, 0.3) is 0 Å². The molecule has 1 N–H and O–H groups in total. The van der Waals surface area contributed by atoms with E-state index in [0.29, 0.717) is 10.8 Å². The molecule has 0 bridgehead atoms. The Labute approximate surface area is 164 Å². The van der Waals surface area contributed by atoms with Gasteiger partial charge in [-0.05, 0) is 29.2 Å². The summed E-state index contributed by atoms with van der Waals surface area (Å²) in [4.78, 5) is 4.90. The van der Waals surface area contributed by atoms with E-state index in [0.717, 1.165) is 28.5 Å². The minimum absolute atomic E-state index is 0.215. The maximum absolute atomic E-state index is 12.0. The van der Waals surface area contributed by atoms with Gasteiger partial charge < -0.3 is 5.32 Å². The van der Waals surface area contributed by atoms with Crippen molar-refractivity contribution in [1.82, 2.24) is 9.36 Å². The molecule has 0 amide bonds. The molecule has 0 aliphatic carbocycles. The van der Waals surface area contributed by atoms with Gasteiger partial charge in [0, 0.05) is 24.2 Å². The van der Waals surface area contributed by atoms with Crippen LogP contribution in [0.25, 0.3) is 0 Å². The number of sulfone groups is 1. The number of hydrogen-bond acceptors (Lipinski definition) is 6. The predicted octanol–water partition coefficient (Wildman–Crippen LogP) is 4.34. The van der Waals surface area contributed by atoms with Crippen LogP contribution in [0.2, 0.25) is 0 Å². The molecule has 0 saturated carbocycles. The molecule has 3 rings (SSSR count). The van der Waals surface area contributed by atoms with Crippen molar-refractivity contribution < 1.29 is 8.42 Å². The van der Waals surface area contributed by atoms with Crippen LogP contribution in [0.4, 0.5) is 5.13 Å². The fourth-order valence-electron chi connectivity index (χ4n) is 2.81. The molecule has 0 spiro atoms. The van der Waals surface area contributed by atoms with Gasteiger partial charge in [-0.3, -0.25) is 0 Å². The number of benzene rings is 2. The fraction of sp³-hybridized carbons (Fsp3) is 0.300. The van der Waals surface area contributed by atoms with Crippen LogP contribution in [0.15, 0.2) is 59.5 Å². The van der Waals surface area contributed by atoms with Gasteiger partial charge in [-0.2, -0.15) is 4.37 Å². The highest BCUT2D eigenvalue weighted by Crippen LogP contribution is 2.29. The molecule has 2 aromatic carbocycles. The van der Waals surface area contributed by atoms with E-state index in [4.69, 9.17) is 0 Å². The molecule has 7 heteroatoms. The van der Waals surface area contributed by atoms with Gasteiger partial charge in [0.2, 0.25) is 5.13 Å². The maximum atomic E-state index is 12.0. The minimum Gasteiger partial charge on any atom is -0.349 e. The topological polar surface area (TPSA) is 72.0 Å². The van der Waals surface area contributed by atoms with E-state index < -0.39 is 9.84 Å². The molecule has 0 saturated heterocycles. The lowest BCUT2D eigenvalue weighted by Crippen LogP contribution is -2.13. The minimum atomic E-state index is -3.28. The van der Waals surface area contributed by atoms with Crippen LogP contribution in [0, 0.1) is 5.92 Å².